The van der Waals surface area contributed by atoms with E-state index in [4.69, 9.17) is 9.84 Å². The van der Waals surface area contributed by atoms with Crippen molar-refractivity contribution in [3.8, 4) is 11.8 Å². The van der Waals surface area contributed by atoms with E-state index in [1.165, 1.54) is 4.88 Å². The molecule has 1 aromatic heterocycles. The van der Waals surface area contributed by atoms with E-state index in [0.717, 1.165) is 31.8 Å². The molecule has 17 heavy (non-hydrogen) atoms. The normalized spacial score (nSPS) is 20.9. The summed E-state index contributed by atoms with van der Waals surface area (Å²) < 4.78 is 5.52. The third-order valence-corrected chi connectivity index (χ3v) is 3.65. The monoisotopic (exact) mass is 251 g/mol. The van der Waals surface area contributed by atoms with Crippen LogP contribution < -0.4 is 0 Å². The maximum absolute atomic E-state index is 8.71. The predicted molar refractivity (Wildman–Crippen MR) is 69.0 cm³/mol. The highest BCUT2D eigenvalue weighted by Crippen LogP contribution is 2.19. The van der Waals surface area contributed by atoms with Crippen molar-refractivity contribution in [1.82, 2.24) is 4.90 Å². The van der Waals surface area contributed by atoms with E-state index in [0.29, 0.717) is 6.10 Å². The van der Waals surface area contributed by atoms with Crippen LogP contribution in [0.3, 0.4) is 0 Å². The minimum Gasteiger partial charge on any atom is -0.384 e. The smallest absolute Gasteiger partial charge is 0.104 e. The van der Waals surface area contributed by atoms with Crippen molar-refractivity contribution < 1.29 is 9.84 Å². The number of morpholine rings is 1. The number of hydrogen-bond acceptors (Lipinski definition) is 4. The first-order chi connectivity index (χ1) is 8.29. The van der Waals surface area contributed by atoms with E-state index in [1.807, 2.05) is 6.07 Å². The van der Waals surface area contributed by atoms with Crippen LogP contribution in [0, 0.1) is 11.8 Å². The summed E-state index contributed by atoms with van der Waals surface area (Å²) in [5, 5.41) is 10.8. The molecule has 1 aliphatic heterocycles. The Morgan fingerprint density at radius 3 is 3.29 bits per heavy atom. The average molecular weight is 251 g/mol. The fourth-order valence-corrected chi connectivity index (χ4v) is 2.82. The number of thiophene rings is 1. The summed E-state index contributed by atoms with van der Waals surface area (Å²) in [6, 6.07) is 2.02. The molecule has 0 aromatic carbocycles. The lowest BCUT2D eigenvalue weighted by atomic mass is 10.2. The number of hydrogen-bond donors (Lipinski definition) is 1. The van der Waals surface area contributed by atoms with Crippen LogP contribution in [0.5, 0.6) is 0 Å². The molecule has 4 heteroatoms. The zero-order chi connectivity index (χ0) is 12.1. The maximum atomic E-state index is 8.71. The van der Waals surface area contributed by atoms with E-state index in [-0.39, 0.29) is 6.61 Å². The first kappa shape index (κ1) is 12.6. The molecule has 1 saturated heterocycles. The van der Waals surface area contributed by atoms with E-state index in [2.05, 4.69) is 29.0 Å². The average Bonchev–Trinajstić information content (AvgIpc) is 2.74. The number of ether oxygens (including phenoxy) is 1. The number of nitrogens with zero attached hydrogens (tertiary/aromatic N) is 1. The van der Waals surface area contributed by atoms with Crippen LogP contribution in [0.4, 0.5) is 0 Å². The minimum atomic E-state index is -0.0795. The maximum Gasteiger partial charge on any atom is 0.104 e. The van der Waals surface area contributed by atoms with Crippen LogP contribution in [0.1, 0.15) is 17.4 Å². The predicted octanol–water partition coefficient (Wildman–Crippen LogP) is 1.31. The largest absolute Gasteiger partial charge is 0.384 e. The van der Waals surface area contributed by atoms with Crippen molar-refractivity contribution >= 4 is 11.3 Å². The standard InChI is InChI=1S/C13H17NO2S/c1-11-9-14(5-7-16-11)10-13-12(3-2-6-15)4-8-17-13/h4,8,11,15H,5-7,9-10H2,1H3. The van der Waals surface area contributed by atoms with Gasteiger partial charge in [-0.1, -0.05) is 11.8 Å². The van der Waals surface area contributed by atoms with Crippen molar-refractivity contribution in [2.75, 3.05) is 26.3 Å². The molecule has 0 saturated carbocycles. The summed E-state index contributed by atoms with van der Waals surface area (Å²) in [6.07, 6.45) is 0.315. The van der Waals surface area contributed by atoms with Gasteiger partial charge in [0.2, 0.25) is 0 Å². The lowest BCUT2D eigenvalue weighted by molar-refractivity contribution is -0.0209. The quantitative estimate of drug-likeness (QED) is 0.805. The van der Waals surface area contributed by atoms with Gasteiger partial charge in [0.25, 0.3) is 0 Å². The van der Waals surface area contributed by atoms with Gasteiger partial charge in [0.05, 0.1) is 12.7 Å². The van der Waals surface area contributed by atoms with Crippen molar-refractivity contribution in [2.24, 2.45) is 0 Å². The first-order valence-electron chi connectivity index (χ1n) is 5.79. The Bertz CT molecular complexity index is 419. The third kappa shape index (κ3) is 3.55. The zero-order valence-electron chi connectivity index (χ0n) is 9.98. The first-order valence-corrected chi connectivity index (χ1v) is 6.67. The molecule has 2 rings (SSSR count). The molecular formula is C13H17NO2S. The second-order valence-corrected chi connectivity index (χ2v) is 5.13. The molecule has 0 aliphatic carbocycles. The van der Waals surface area contributed by atoms with Gasteiger partial charge in [-0.15, -0.1) is 11.3 Å². The highest BCUT2D eigenvalue weighted by molar-refractivity contribution is 7.10. The highest BCUT2D eigenvalue weighted by atomic mass is 32.1. The number of aliphatic hydroxyl groups is 1. The second kappa shape index (κ2) is 6.18. The molecule has 3 nitrogen and oxygen atoms in total. The summed E-state index contributed by atoms with van der Waals surface area (Å²) in [4.78, 5) is 3.67. The number of rotatable bonds is 2. The fourth-order valence-electron chi connectivity index (χ4n) is 1.95. The summed E-state index contributed by atoms with van der Waals surface area (Å²) in [6.45, 7) is 5.72. The van der Waals surface area contributed by atoms with Gasteiger partial charge in [-0.25, -0.2) is 0 Å². The SMILES string of the molecule is CC1CN(Cc2sccc2C#CCO)CCO1. The van der Waals surface area contributed by atoms with E-state index >= 15 is 0 Å². The van der Waals surface area contributed by atoms with Gasteiger partial charge < -0.3 is 9.84 Å². The Hall–Kier alpha value is -0.860. The Morgan fingerprint density at radius 1 is 1.65 bits per heavy atom. The zero-order valence-corrected chi connectivity index (χ0v) is 10.8. The second-order valence-electron chi connectivity index (χ2n) is 4.13. The molecule has 1 atom stereocenters. The summed E-state index contributed by atoms with van der Waals surface area (Å²) in [5.74, 6) is 5.70. The third-order valence-electron chi connectivity index (χ3n) is 2.74. The summed E-state index contributed by atoms with van der Waals surface area (Å²) in [7, 11) is 0. The van der Waals surface area contributed by atoms with E-state index < -0.39 is 0 Å². The molecular weight excluding hydrogens is 234 g/mol. The molecule has 1 fully saturated rings. The van der Waals surface area contributed by atoms with Crippen molar-refractivity contribution in [3.63, 3.8) is 0 Å². The molecule has 0 amide bonds. The summed E-state index contributed by atoms with van der Waals surface area (Å²) in [5.41, 5.74) is 1.04. The van der Waals surface area contributed by atoms with Crippen LogP contribution in [0.15, 0.2) is 11.4 Å². The minimum absolute atomic E-state index is 0.0795. The molecule has 0 radical (unpaired) electrons. The van der Waals surface area contributed by atoms with Gasteiger partial charge in [-0.05, 0) is 18.4 Å². The number of aliphatic hydroxyl groups excluding tert-OH is 1. The lowest BCUT2D eigenvalue weighted by Gasteiger charge is -2.30. The lowest BCUT2D eigenvalue weighted by Crippen LogP contribution is -2.40. The fraction of sp³-hybridized carbons (Fsp3) is 0.538. The Labute approximate surface area is 106 Å². The van der Waals surface area contributed by atoms with Gasteiger partial charge >= 0.3 is 0 Å². The highest BCUT2D eigenvalue weighted by Gasteiger charge is 2.17. The van der Waals surface area contributed by atoms with Crippen LogP contribution >= 0.6 is 11.3 Å². The molecule has 2 heterocycles. The molecule has 0 spiro atoms. The van der Waals surface area contributed by atoms with Crippen molar-refractivity contribution in [3.05, 3.63) is 21.9 Å². The summed E-state index contributed by atoms with van der Waals surface area (Å²) >= 11 is 1.73. The van der Waals surface area contributed by atoms with E-state index in [1.54, 1.807) is 11.3 Å². The van der Waals surface area contributed by atoms with Crippen molar-refractivity contribution in [2.45, 2.75) is 19.6 Å². The Morgan fingerprint density at radius 2 is 2.53 bits per heavy atom. The Balaban J connectivity index is 2.00. The molecule has 1 aliphatic rings. The molecule has 92 valence electrons. The van der Waals surface area contributed by atoms with Crippen LogP contribution in [0.2, 0.25) is 0 Å². The van der Waals surface area contributed by atoms with Crippen LogP contribution in [-0.2, 0) is 11.3 Å². The molecule has 1 aromatic rings. The van der Waals surface area contributed by atoms with Gasteiger partial charge in [-0.3, -0.25) is 4.90 Å². The van der Waals surface area contributed by atoms with E-state index in [9.17, 15) is 0 Å². The van der Waals surface area contributed by atoms with Crippen LogP contribution in [0.25, 0.3) is 0 Å². The Kier molecular flexibility index (Phi) is 4.57. The molecule has 0 bridgehead atoms. The van der Waals surface area contributed by atoms with Gasteiger partial charge in [0, 0.05) is 30.1 Å². The molecule has 1 N–H and O–H groups in total. The molecule has 1 unspecified atom stereocenters. The van der Waals surface area contributed by atoms with Crippen molar-refractivity contribution in [1.29, 1.82) is 0 Å². The van der Waals surface area contributed by atoms with Gasteiger partial charge in [0.1, 0.15) is 6.61 Å². The van der Waals surface area contributed by atoms with Gasteiger partial charge in [-0.2, -0.15) is 0 Å². The topological polar surface area (TPSA) is 32.7 Å². The van der Waals surface area contributed by atoms with Crippen LogP contribution in [-0.4, -0.2) is 42.4 Å². The van der Waals surface area contributed by atoms with Gasteiger partial charge in [0.15, 0.2) is 0 Å².